The lowest BCUT2D eigenvalue weighted by Crippen LogP contribution is -2.59. The Morgan fingerprint density at radius 3 is 2.05 bits per heavy atom. The maximum absolute atomic E-state index is 13.1. The van der Waals surface area contributed by atoms with Crippen molar-refractivity contribution < 1.29 is 29.1 Å². The molecule has 0 spiro atoms. The van der Waals surface area contributed by atoms with Gasteiger partial charge in [0.2, 0.25) is 23.6 Å². The van der Waals surface area contributed by atoms with Crippen LogP contribution in [-0.2, 0) is 30.4 Å². The third-order valence-corrected chi connectivity index (χ3v) is 5.97. The number of primary amides is 1. The number of carboxylic acid groups (broad SMARTS) is 1. The maximum Gasteiger partial charge on any atom is 0.326 e. The first-order chi connectivity index (χ1) is 17.3. The van der Waals surface area contributed by atoms with Gasteiger partial charge in [0.15, 0.2) is 0 Å². The lowest BCUT2D eigenvalue weighted by atomic mass is 10.00. The van der Waals surface area contributed by atoms with Crippen LogP contribution >= 0.6 is 0 Å². The predicted octanol–water partition coefficient (Wildman–Crippen LogP) is -0.236. The van der Waals surface area contributed by atoms with E-state index in [0.29, 0.717) is 0 Å². The second kappa shape index (κ2) is 12.9. The maximum atomic E-state index is 13.1. The minimum absolute atomic E-state index is 0.223. The Morgan fingerprint density at radius 2 is 1.49 bits per heavy atom. The summed E-state index contributed by atoms with van der Waals surface area (Å²) >= 11 is 0. The van der Waals surface area contributed by atoms with E-state index >= 15 is 0 Å². The first kappa shape index (κ1) is 29.3. The van der Waals surface area contributed by atoms with E-state index in [2.05, 4.69) is 20.9 Å². The van der Waals surface area contributed by atoms with Gasteiger partial charge in [-0.25, -0.2) is 4.79 Å². The lowest BCUT2D eigenvalue weighted by Gasteiger charge is -2.27. The summed E-state index contributed by atoms with van der Waals surface area (Å²) in [6.45, 7) is 6.59. The van der Waals surface area contributed by atoms with Crippen molar-refractivity contribution in [3.8, 4) is 0 Å². The Balaban J connectivity index is 2.11. The van der Waals surface area contributed by atoms with Crippen LogP contribution in [0.1, 0.15) is 39.7 Å². The Kier molecular flexibility index (Phi) is 10.2. The van der Waals surface area contributed by atoms with Crippen LogP contribution in [0.5, 0.6) is 0 Å². The van der Waals surface area contributed by atoms with Gasteiger partial charge in [0, 0.05) is 17.1 Å². The van der Waals surface area contributed by atoms with Gasteiger partial charge in [-0.05, 0) is 29.9 Å². The Hall–Kier alpha value is -3.93. The molecule has 4 amide bonds. The number of carbonyl (C=O) groups excluding carboxylic acids is 4. The molecule has 4 atom stereocenters. The average Bonchev–Trinajstić information content (AvgIpc) is 3.21. The molecular weight excluding hydrogens is 480 g/mol. The lowest BCUT2D eigenvalue weighted by molar-refractivity contribution is -0.143. The molecule has 2 rings (SSSR count). The van der Waals surface area contributed by atoms with Gasteiger partial charge in [0.1, 0.15) is 18.1 Å². The van der Waals surface area contributed by atoms with Crippen LogP contribution in [0.4, 0.5) is 0 Å². The number of amides is 4. The summed E-state index contributed by atoms with van der Waals surface area (Å²) in [6.07, 6.45) is 1.45. The number of carbonyl (C=O) groups is 5. The second-order valence-corrected chi connectivity index (χ2v) is 9.70. The normalized spacial score (nSPS) is 14.6. The zero-order valence-corrected chi connectivity index (χ0v) is 21.4. The van der Waals surface area contributed by atoms with Gasteiger partial charge in [-0.15, -0.1) is 0 Å². The fourth-order valence-electron chi connectivity index (χ4n) is 3.86. The summed E-state index contributed by atoms with van der Waals surface area (Å²) in [5.74, 6) is -5.16. The van der Waals surface area contributed by atoms with Crippen molar-refractivity contribution in [3.05, 3.63) is 36.0 Å². The van der Waals surface area contributed by atoms with E-state index in [-0.39, 0.29) is 6.42 Å². The largest absolute Gasteiger partial charge is 0.480 e. The smallest absolute Gasteiger partial charge is 0.326 e. The fraction of sp³-hybridized carbons (Fsp3) is 0.480. The molecule has 12 nitrogen and oxygen atoms in total. The minimum atomic E-state index is -1.43. The summed E-state index contributed by atoms with van der Waals surface area (Å²) < 4.78 is 0. The number of H-pyrrole nitrogens is 1. The third kappa shape index (κ3) is 8.04. The minimum Gasteiger partial charge on any atom is -0.480 e. The molecule has 0 aliphatic rings. The number of para-hydroxylation sites is 1. The summed E-state index contributed by atoms with van der Waals surface area (Å²) in [6, 6.07) is 2.88. The Morgan fingerprint density at radius 1 is 0.892 bits per heavy atom. The highest BCUT2D eigenvalue weighted by Crippen LogP contribution is 2.19. The number of aliphatic carboxylic acids is 1. The van der Waals surface area contributed by atoms with Gasteiger partial charge >= 0.3 is 5.97 Å². The van der Waals surface area contributed by atoms with E-state index in [1.54, 1.807) is 33.9 Å². The number of carboxylic acids is 1. The summed E-state index contributed by atoms with van der Waals surface area (Å²) in [7, 11) is 0. The van der Waals surface area contributed by atoms with E-state index in [1.807, 2.05) is 24.3 Å². The van der Waals surface area contributed by atoms with Gasteiger partial charge in [-0.3, -0.25) is 19.2 Å². The molecule has 0 aliphatic carbocycles. The highest BCUT2D eigenvalue weighted by molar-refractivity contribution is 5.96. The van der Waals surface area contributed by atoms with Crippen molar-refractivity contribution in [3.63, 3.8) is 0 Å². The van der Waals surface area contributed by atoms with Crippen LogP contribution in [0.2, 0.25) is 0 Å². The summed E-state index contributed by atoms with van der Waals surface area (Å²) in [4.78, 5) is 64.8. The van der Waals surface area contributed by atoms with Gasteiger partial charge < -0.3 is 37.5 Å². The standard InChI is InChI=1S/C25H36N6O6/c1-12(2)20(30-22(33)16(26)9-14-11-28-17-8-6-5-7-15(14)17)24(35)29-18(10-19(27)32)23(34)31-21(13(3)4)25(36)37/h5-8,11-13,16,18,20-21,28H,9-10,26H2,1-4H3,(H2,27,32)(H,29,35)(H,30,33)(H,31,34)(H,36,37). The molecule has 4 unspecified atom stereocenters. The van der Waals surface area contributed by atoms with Gasteiger partial charge in [0.05, 0.1) is 12.5 Å². The van der Waals surface area contributed by atoms with E-state index in [4.69, 9.17) is 11.5 Å². The monoisotopic (exact) mass is 516 g/mol. The van der Waals surface area contributed by atoms with E-state index < -0.39 is 72.0 Å². The molecule has 1 heterocycles. The number of nitrogens with one attached hydrogen (secondary N) is 4. The number of benzene rings is 1. The highest BCUT2D eigenvalue weighted by atomic mass is 16.4. The first-order valence-corrected chi connectivity index (χ1v) is 12.0. The van der Waals surface area contributed by atoms with E-state index in [1.165, 1.54) is 0 Å². The van der Waals surface area contributed by atoms with Crippen molar-refractivity contribution >= 4 is 40.5 Å². The second-order valence-electron chi connectivity index (χ2n) is 9.70. The van der Waals surface area contributed by atoms with Crippen LogP contribution < -0.4 is 27.4 Å². The summed E-state index contributed by atoms with van der Waals surface area (Å²) in [5, 5.41) is 17.6. The van der Waals surface area contributed by atoms with E-state index in [9.17, 15) is 29.1 Å². The number of aromatic nitrogens is 1. The number of hydrogen-bond acceptors (Lipinski definition) is 6. The number of hydrogen-bond donors (Lipinski definition) is 7. The highest BCUT2D eigenvalue weighted by Gasteiger charge is 2.33. The molecule has 0 saturated heterocycles. The van der Waals surface area contributed by atoms with Crippen LogP contribution in [0, 0.1) is 11.8 Å². The van der Waals surface area contributed by atoms with Crippen LogP contribution in [-0.4, -0.2) is 63.9 Å². The van der Waals surface area contributed by atoms with Crippen molar-refractivity contribution in [1.82, 2.24) is 20.9 Å². The van der Waals surface area contributed by atoms with Gasteiger partial charge in [-0.1, -0.05) is 45.9 Å². The van der Waals surface area contributed by atoms with E-state index in [0.717, 1.165) is 16.5 Å². The zero-order chi connectivity index (χ0) is 27.9. The van der Waals surface area contributed by atoms with Crippen LogP contribution in [0.3, 0.4) is 0 Å². The van der Waals surface area contributed by atoms with Crippen molar-refractivity contribution in [2.45, 2.75) is 64.7 Å². The molecular formula is C25H36N6O6. The molecule has 1 aromatic carbocycles. The molecule has 0 radical (unpaired) electrons. The van der Waals surface area contributed by atoms with Gasteiger partial charge in [-0.2, -0.15) is 0 Å². The molecule has 2 aromatic rings. The quantitative estimate of drug-likeness (QED) is 0.190. The first-order valence-electron chi connectivity index (χ1n) is 12.0. The zero-order valence-electron chi connectivity index (χ0n) is 21.4. The van der Waals surface area contributed by atoms with Crippen molar-refractivity contribution in [1.29, 1.82) is 0 Å². The van der Waals surface area contributed by atoms with Crippen LogP contribution in [0.25, 0.3) is 10.9 Å². The molecule has 0 aliphatic heterocycles. The topological polar surface area (TPSA) is 209 Å². The molecule has 1 aromatic heterocycles. The van der Waals surface area contributed by atoms with Crippen molar-refractivity contribution in [2.75, 3.05) is 0 Å². The molecule has 0 saturated carbocycles. The van der Waals surface area contributed by atoms with Crippen molar-refractivity contribution in [2.24, 2.45) is 23.3 Å². The number of rotatable bonds is 13. The third-order valence-electron chi connectivity index (χ3n) is 5.97. The molecule has 9 N–H and O–H groups in total. The average molecular weight is 517 g/mol. The van der Waals surface area contributed by atoms with Crippen LogP contribution in [0.15, 0.2) is 30.5 Å². The molecule has 202 valence electrons. The number of fused-ring (bicyclic) bond motifs is 1. The molecule has 0 bridgehead atoms. The van der Waals surface area contributed by atoms with Gasteiger partial charge in [0.25, 0.3) is 0 Å². The molecule has 12 heteroatoms. The Labute approximate surface area is 214 Å². The number of aromatic amines is 1. The number of nitrogens with two attached hydrogens (primary N) is 2. The summed E-state index contributed by atoms with van der Waals surface area (Å²) in [5.41, 5.74) is 13.1. The SMILES string of the molecule is CC(C)C(NC(=O)C(CC(N)=O)NC(=O)C(NC(=O)C(N)Cc1c[nH]c2ccccc12)C(C)C)C(=O)O. The fourth-order valence-corrected chi connectivity index (χ4v) is 3.86. The predicted molar refractivity (Wildman–Crippen MR) is 137 cm³/mol. The Bertz CT molecular complexity index is 1140. The molecule has 0 fully saturated rings. The molecule has 37 heavy (non-hydrogen) atoms.